The Hall–Kier alpha value is -2.57. The molecule has 0 fully saturated rings. The van der Waals surface area contributed by atoms with E-state index in [2.05, 4.69) is 15.5 Å². The van der Waals surface area contributed by atoms with Gasteiger partial charge in [-0.05, 0) is 51.5 Å². The van der Waals surface area contributed by atoms with E-state index in [1.807, 2.05) is 32.7 Å². The van der Waals surface area contributed by atoms with Crippen molar-refractivity contribution in [1.82, 2.24) is 15.4 Å². The Morgan fingerprint density at radius 3 is 2.65 bits per heavy atom. The smallest absolute Gasteiger partial charge is 0.193 e. The Bertz CT molecular complexity index is 693. The molecule has 0 spiro atoms. The highest BCUT2D eigenvalue weighted by Crippen LogP contribution is 2.13. The van der Waals surface area contributed by atoms with Crippen molar-refractivity contribution in [3.63, 3.8) is 0 Å². The number of benzene rings is 1. The summed E-state index contributed by atoms with van der Waals surface area (Å²) in [5.41, 5.74) is 2.04. The van der Waals surface area contributed by atoms with Gasteiger partial charge in [0.05, 0.1) is 12.2 Å². The summed E-state index contributed by atoms with van der Waals surface area (Å²) in [6.07, 6.45) is 0.788. The fourth-order valence-electron chi connectivity index (χ4n) is 2.54. The predicted molar refractivity (Wildman–Crippen MR) is 100 cm³/mol. The molecule has 1 heterocycles. The molecule has 0 aliphatic carbocycles. The quantitative estimate of drug-likeness (QED) is 0.578. The second-order valence-corrected chi connectivity index (χ2v) is 6.01. The van der Waals surface area contributed by atoms with E-state index in [0.717, 1.165) is 35.9 Å². The largest absolute Gasteiger partial charge is 0.492 e. The first-order valence-electron chi connectivity index (χ1n) is 8.80. The molecule has 1 aromatic carbocycles. The van der Waals surface area contributed by atoms with Gasteiger partial charge in [-0.2, -0.15) is 0 Å². The molecule has 2 aromatic rings. The highest BCUT2D eigenvalue weighted by molar-refractivity contribution is 5.79. The Morgan fingerprint density at radius 2 is 2.04 bits per heavy atom. The van der Waals surface area contributed by atoms with Crippen LogP contribution in [0.3, 0.4) is 0 Å². The number of nitrogens with one attached hydrogen (secondary N) is 1. The number of aryl methyl sites for hydroxylation is 2. The first-order chi connectivity index (χ1) is 12.5. The normalized spacial score (nSPS) is 11.5. The molecule has 0 unspecified atom stereocenters. The van der Waals surface area contributed by atoms with Crippen molar-refractivity contribution in [2.75, 3.05) is 33.3 Å². The van der Waals surface area contributed by atoms with Gasteiger partial charge in [0.1, 0.15) is 23.9 Å². The standard InChI is InChI=1S/C19H27FN4O2/c1-5-21-19(22-11-10-18-14(2)23-26-15(18)3)24(4)12-13-25-17-8-6-16(20)7-9-17/h6-9H,5,10-13H2,1-4H3,(H,21,22). The first-order valence-corrected chi connectivity index (χ1v) is 8.80. The minimum absolute atomic E-state index is 0.269. The van der Waals surface area contributed by atoms with Crippen molar-refractivity contribution in [2.45, 2.75) is 27.2 Å². The summed E-state index contributed by atoms with van der Waals surface area (Å²) in [6.45, 7) is 8.47. The molecule has 0 aliphatic rings. The van der Waals surface area contributed by atoms with Gasteiger partial charge < -0.3 is 19.5 Å². The van der Waals surface area contributed by atoms with Crippen LogP contribution in [0.1, 0.15) is 23.9 Å². The average molecular weight is 362 g/mol. The van der Waals surface area contributed by atoms with Gasteiger partial charge in [-0.3, -0.25) is 4.99 Å². The lowest BCUT2D eigenvalue weighted by Gasteiger charge is -2.22. The zero-order valence-corrected chi connectivity index (χ0v) is 15.9. The minimum Gasteiger partial charge on any atom is -0.492 e. The molecular formula is C19H27FN4O2. The van der Waals surface area contributed by atoms with Gasteiger partial charge in [0.25, 0.3) is 0 Å². The molecule has 0 saturated carbocycles. The van der Waals surface area contributed by atoms with Crippen LogP contribution in [0.5, 0.6) is 5.75 Å². The molecule has 0 amide bonds. The molecule has 0 aliphatic heterocycles. The Balaban J connectivity index is 1.85. The Morgan fingerprint density at radius 1 is 1.31 bits per heavy atom. The molecule has 0 saturated heterocycles. The van der Waals surface area contributed by atoms with Crippen molar-refractivity contribution in [3.05, 3.63) is 47.1 Å². The predicted octanol–water partition coefficient (Wildman–Crippen LogP) is 2.95. The van der Waals surface area contributed by atoms with Crippen molar-refractivity contribution in [3.8, 4) is 5.75 Å². The SMILES string of the molecule is CCNC(=NCCc1c(C)noc1C)N(C)CCOc1ccc(F)cc1. The molecule has 26 heavy (non-hydrogen) atoms. The maximum absolute atomic E-state index is 12.9. The van der Waals surface area contributed by atoms with Gasteiger partial charge in [0.15, 0.2) is 5.96 Å². The third-order valence-electron chi connectivity index (χ3n) is 4.01. The molecule has 7 heteroatoms. The highest BCUT2D eigenvalue weighted by atomic mass is 19.1. The Kier molecular flexibility index (Phi) is 7.44. The van der Waals surface area contributed by atoms with Crippen LogP contribution >= 0.6 is 0 Å². The van der Waals surface area contributed by atoms with Crippen LogP contribution in [0.15, 0.2) is 33.8 Å². The van der Waals surface area contributed by atoms with Crippen molar-refractivity contribution >= 4 is 5.96 Å². The lowest BCUT2D eigenvalue weighted by Crippen LogP contribution is -2.41. The van der Waals surface area contributed by atoms with E-state index in [4.69, 9.17) is 9.26 Å². The van der Waals surface area contributed by atoms with Gasteiger partial charge in [0, 0.05) is 25.7 Å². The van der Waals surface area contributed by atoms with Crippen LogP contribution in [-0.2, 0) is 6.42 Å². The van der Waals surface area contributed by atoms with Gasteiger partial charge in [-0.15, -0.1) is 0 Å². The zero-order chi connectivity index (χ0) is 18.9. The second kappa shape index (κ2) is 9.79. The fourth-order valence-corrected chi connectivity index (χ4v) is 2.54. The summed E-state index contributed by atoms with van der Waals surface area (Å²) in [6, 6.07) is 6.02. The molecule has 0 atom stereocenters. The summed E-state index contributed by atoms with van der Waals surface area (Å²) < 4.78 is 23.7. The van der Waals surface area contributed by atoms with Crippen LogP contribution in [0.4, 0.5) is 4.39 Å². The number of rotatable bonds is 8. The molecule has 2 rings (SSSR count). The molecular weight excluding hydrogens is 335 g/mol. The first kappa shape index (κ1) is 19.8. The number of aromatic nitrogens is 1. The van der Waals surface area contributed by atoms with Gasteiger partial charge in [-0.1, -0.05) is 5.16 Å². The third-order valence-corrected chi connectivity index (χ3v) is 4.01. The van der Waals surface area contributed by atoms with Crippen molar-refractivity contribution in [1.29, 1.82) is 0 Å². The van der Waals surface area contributed by atoms with E-state index in [1.54, 1.807) is 12.1 Å². The van der Waals surface area contributed by atoms with Gasteiger partial charge >= 0.3 is 0 Å². The fraction of sp³-hybridized carbons (Fsp3) is 0.474. The van der Waals surface area contributed by atoms with E-state index < -0.39 is 0 Å². The highest BCUT2D eigenvalue weighted by Gasteiger charge is 2.09. The maximum atomic E-state index is 12.9. The topological polar surface area (TPSA) is 62.9 Å². The molecule has 142 valence electrons. The summed E-state index contributed by atoms with van der Waals surface area (Å²) in [5.74, 6) is 2.06. The summed E-state index contributed by atoms with van der Waals surface area (Å²) in [5, 5.41) is 7.25. The van der Waals surface area contributed by atoms with E-state index in [1.165, 1.54) is 12.1 Å². The molecule has 6 nitrogen and oxygen atoms in total. The van der Waals surface area contributed by atoms with Crippen LogP contribution in [-0.4, -0.2) is 49.3 Å². The minimum atomic E-state index is -0.269. The molecule has 0 bridgehead atoms. The summed E-state index contributed by atoms with van der Waals surface area (Å²) in [4.78, 5) is 6.68. The Labute approximate surface area is 154 Å². The number of nitrogens with zero attached hydrogens (tertiary/aromatic N) is 3. The molecule has 0 radical (unpaired) electrons. The zero-order valence-electron chi connectivity index (χ0n) is 15.9. The number of guanidine groups is 1. The van der Waals surface area contributed by atoms with Crippen LogP contribution in [0, 0.1) is 19.7 Å². The molecule has 1 N–H and O–H groups in total. The number of ether oxygens (including phenoxy) is 1. The lowest BCUT2D eigenvalue weighted by molar-refractivity contribution is 0.281. The lowest BCUT2D eigenvalue weighted by atomic mass is 10.1. The van der Waals surface area contributed by atoms with E-state index in [9.17, 15) is 4.39 Å². The van der Waals surface area contributed by atoms with Gasteiger partial charge in [0.2, 0.25) is 0 Å². The molecule has 1 aromatic heterocycles. The number of hydrogen-bond donors (Lipinski definition) is 1. The number of halogens is 1. The second-order valence-electron chi connectivity index (χ2n) is 6.01. The summed E-state index contributed by atoms with van der Waals surface area (Å²) in [7, 11) is 1.96. The third kappa shape index (κ3) is 5.75. The maximum Gasteiger partial charge on any atom is 0.193 e. The van der Waals surface area contributed by atoms with Gasteiger partial charge in [-0.25, -0.2) is 4.39 Å². The number of hydrogen-bond acceptors (Lipinski definition) is 4. The van der Waals surface area contributed by atoms with Crippen molar-refractivity contribution < 1.29 is 13.7 Å². The monoisotopic (exact) mass is 362 g/mol. The van der Waals surface area contributed by atoms with Crippen molar-refractivity contribution in [2.24, 2.45) is 4.99 Å². The average Bonchev–Trinajstić information content (AvgIpc) is 2.94. The number of likely N-dealkylation sites (N-methyl/N-ethyl adjacent to an activating group) is 1. The number of aliphatic imine (C=N–C) groups is 1. The van der Waals surface area contributed by atoms with E-state index >= 15 is 0 Å². The van der Waals surface area contributed by atoms with E-state index in [-0.39, 0.29) is 5.82 Å². The van der Waals surface area contributed by atoms with Crippen LogP contribution in [0.2, 0.25) is 0 Å². The van der Waals surface area contributed by atoms with Crippen LogP contribution in [0.25, 0.3) is 0 Å². The summed E-state index contributed by atoms with van der Waals surface area (Å²) >= 11 is 0. The van der Waals surface area contributed by atoms with Crippen LogP contribution < -0.4 is 10.1 Å². The van der Waals surface area contributed by atoms with E-state index in [0.29, 0.717) is 25.4 Å².